The van der Waals surface area contributed by atoms with Crippen LogP contribution < -0.4 is 4.74 Å². The van der Waals surface area contributed by atoms with E-state index >= 15 is 0 Å². The highest BCUT2D eigenvalue weighted by Crippen LogP contribution is 2.34. The van der Waals surface area contributed by atoms with Crippen molar-refractivity contribution in [3.63, 3.8) is 0 Å². The Labute approximate surface area is 145 Å². The second-order valence-electron chi connectivity index (χ2n) is 6.33. The van der Waals surface area contributed by atoms with E-state index in [1.807, 2.05) is 4.90 Å². The molecule has 134 valence electrons. The van der Waals surface area contributed by atoms with Gasteiger partial charge in [0.15, 0.2) is 0 Å². The molecule has 1 saturated heterocycles. The molecule has 1 aromatic heterocycles. The first kappa shape index (κ1) is 17.3. The second kappa shape index (κ2) is 7.14. The van der Waals surface area contributed by atoms with Gasteiger partial charge in [0, 0.05) is 22.7 Å². The van der Waals surface area contributed by atoms with Crippen LogP contribution in [0.2, 0.25) is 0 Å². The summed E-state index contributed by atoms with van der Waals surface area (Å²) in [4.78, 5) is 25.2. The SMILES string of the molecule is COc1ccc2c(c1)c([C@@H](C(=O)O)N1CCCCC1)cn2CC(=O)O. The molecule has 0 amide bonds. The quantitative estimate of drug-likeness (QED) is 0.834. The first-order chi connectivity index (χ1) is 12.0. The predicted octanol–water partition coefficient (Wildman–Crippen LogP) is 2.35. The van der Waals surface area contributed by atoms with Gasteiger partial charge < -0.3 is 19.5 Å². The lowest BCUT2D eigenvalue weighted by molar-refractivity contribution is -0.144. The van der Waals surface area contributed by atoms with E-state index in [0.29, 0.717) is 16.8 Å². The summed E-state index contributed by atoms with van der Waals surface area (Å²) in [6.07, 6.45) is 4.71. The number of hydrogen-bond donors (Lipinski definition) is 2. The third-order valence-electron chi connectivity index (χ3n) is 4.71. The number of aromatic nitrogens is 1. The minimum Gasteiger partial charge on any atom is -0.497 e. The smallest absolute Gasteiger partial charge is 0.325 e. The predicted molar refractivity (Wildman–Crippen MR) is 91.9 cm³/mol. The molecule has 1 aliphatic rings. The van der Waals surface area contributed by atoms with E-state index in [-0.39, 0.29) is 6.54 Å². The van der Waals surface area contributed by atoms with Crippen molar-refractivity contribution in [2.45, 2.75) is 31.8 Å². The Balaban J connectivity index is 2.14. The van der Waals surface area contributed by atoms with Gasteiger partial charge in [-0.1, -0.05) is 6.42 Å². The standard InChI is InChI=1S/C18H22N2O5/c1-25-12-5-6-15-13(9-12)14(10-20(15)11-16(21)22)17(18(23)24)19-7-3-2-4-8-19/h5-6,9-10,17H,2-4,7-8,11H2,1H3,(H,21,22)(H,23,24)/t17-/m0/s1. The van der Waals surface area contributed by atoms with Crippen LogP contribution in [0.4, 0.5) is 0 Å². The number of aliphatic carboxylic acids is 2. The van der Waals surface area contributed by atoms with E-state index in [0.717, 1.165) is 37.7 Å². The van der Waals surface area contributed by atoms with Crippen molar-refractivity contribution in [1.29, 1.82) is 0 Å². The largest absolute Gasteiger partial charge is 0.497 e. The zero-order valence-corrected chi connectivity index (χ0v) is 14.1. The maximum atomic E-state index is 12.0. The number of rotatable bonds is 6. The Hall–Kier alpha value is -2.54. The summed E-state index contributed by atoms with van der Waals surface area (Å²) in [5.74, 6) is -1.27. The Bertz CT molecular complexity index is 792. The molecule has 2 N–H and O–H groups in total. The van der Waals surface area contributed by atoms with Crippen molar-refractivity contribution in [3.05, 3.63) is 30.0 Å². The number of carboxylic acids is 2. The van der Waals surface area contributed by atoms with Crippen LogP contribution in [0.15, 0.2) is 24.4 Å². The monoisotopic (exact) mass is 346 g/mol. The van der Waals surface area contributed by atoms with Crippen molar-refractivity contribution in [2.75, 3.05) is 20.2 Å². The van der Waals surface area contributed by atoms with Gasteiger partial charge in [0.05, 0.1) is 7.11 Å². The molecule has 1 aliphatic heterocycles. The summed E-state index contributed by atoms with van der Waals surface area (Å²) in [5, 5.41) is 19.7. The maximum absolute atomic E-state index is 12.0. The van der Waals surface area contributed by atoms with Crippen LogP contribution in [0.3, 0.4) is 0 Å². The molecule has 7 heteroatoms. The Morgan fingerprint density at radius 1 is 1.20 bits per heavy atom. The van der Waals surface area contributed by atoms with Gasteiger partial charge in [-0.2, -0.15) is 0 Å². The van der Waals surface area contributed by atoms with Crippen LogP contribution in [-0.4, -0.2) is 51.8 Å². The summed E-state index contributed by atoms with van der Waals surface area (Å²) < 4.78 is 6.86. The van der Waals surface area contributed by atoms with Crippen LogP contribution >= 0.6 is 0 Å². The number of methoxy groups -OCH3 is 1. The summed E-state index contributed by atoms with van der Waals surface area (Å²) in [6.45, 7) is 1.24. The highest BCUT2D eigenvalue weighted by molar-refractivity contribution is 5.91. The summed E-state index contributed by atoms with van der Waals surface area (Å²) in [5.41, 5.74) is 1.31. The zero-order chi connectivity index (χ0) is 18.0. The molecule has 25 heavy (non-hydrogen) atoms. The molecule has 1 fully saturated rings. The van der Waals surface area contributed by atoms with Crippen molar-refractivity contribution in [3.8, 4) is 5.75 Å². The fourth-order valence-electron chi connectivity index (χ4n) is 3.59. The molecule has 1 atom stereocenters. The molecule has 0 bridgehead atoms. The van der Waals surface area contributed by atoms with Crippen molar-refractivity contribution in [1.82, 2.24) is 9.47 Å². The molecule has 1 aromatic carbocycles. The van der Waals surface area contributed by atoms with Crippen LogP contribution in [0.1, 0.15) is 30.9 Å². The molecule has 0 aliphatic carbocycles. The molecule has 7 nitrogen and oxygen atoms in total. The Kier molecular flexibility index (Phi) is 4.94. The fraction of sp³-hybridized carbons (Fsp3) is 0.444. The van der Waals surface area contributed by atoms with Gasteiger partial charge >= 0.3 is 11.9 Å². The van der Waals surface area contributed by atoms with Gasteiger partial charge in [0.1, 0.15) is 18.3 Å². The van der Waals surface area contributed by atoms with Gasteiger partial charge in [-0.3, -0.25) is 14.5 Å². The van der Waals surface area contributed by atoms with Crippen molar-refractivity contribution < 1.29 is 24.5 Å². The molecule has 0 unspecified atom stereocenters. The molecule has 2 heterocycles. The van der Waals surface area contributed by atoms with E-state index in [1.54, 1.807) is 36.1 Å². The maximum Gasteiger partial charge on any atom is 0.325 e. The number of carboxylic acid groups (broad SMARTS) is 2. The Morgan fingerprint density at radius 2 is 1.92 bits per heavy atom. The van der Waals surface area contributed by atoms with Crippen molar-refractivity contribution >= 4 is 22.8 Å². The highest BCUT2D eigenvalue weighted by Gasteiger charge is 2.31. The minimum absolute atomic E-state index is 0.213. The summed E-state index contributed by atoms with van der Waals surface area (Å²) >= 11 is 0. The average molecular weight is 346 g/mol. The van der Waals surface area contributed by atoms with Crippen LogP contribution in [0.25, 0.3) is 10.9 Å². The van der Waals surface area contributed by atoms with Crippen LogP contribution in [0.5, 0.6) is 5.75 Å². The van der Waals surface area contributed by atoms with E-state index in [2.05, 4.69) is 0 Å². The van der Waals surface area contributed by atoms with Gasteiger partial charge in [-0.15, -0.1) is 0 Å². The number of nitrogens with zero attached hydrogens (tertiary/aromatic N) is 2. The summed E-state index contributed by atoms with van der Waals surface area (Å²) in [6, 6.07) is 4.52. The number of piperidine rings is 1. The number of hydrogen-bond acceptors (Lipinski definition) is 4. The Morgan fingerprint density at radius 3 is 2.52 bits per heavy atom. The highest BCUT2D eigenvalue weighted by atomic mass is 16.5. The second-order valence-corrected chi connectivity index (χ2v) is 6.33. The van der Waals surface area contributed by atoms with E-state index in [9.17, 15) is 14.7 Å². The molecular weight excluding hydrogens is 324 g/mol. The molecule has 0 saturated carbocycles. The molecule has 0 spiro atoms. The number of benzene rings is 1. The molecular formula is C18H22N2O5. The first-order valence-electron chi connectivity index (χ1n) is 8.36. The molecule has 2 aromatic rings. The third kappa shape index (κ3) is 3.46. The van der Waals surface area contributed by atoms with Crippen molar-refractivity contribution in [2.24, 2.45) is 0 Å². The van der Waals surface area contributed by atoms with E-state index < -0.39 is 18.0 Å². The van der Waals surface area contributed by atoms with Gasteiger partial charge in [0.2, 0.25) is 0 Å². The first-order valence-corrected chi connectivity index (χ1v) is 8.36. The van der Waals surface area contributed by atoms with Gasteiger partial charge in [-0.25, -0.2) is 0 Å². The van der Waals surface area contributed by atoms with Crippen LogP contribution in [0, 0.1) is 0 Å². The number of fused-ring (bicyclic) bond motifs is 1. The lowest BCUT2D eigenvalue weighted by Gasteiger charge is -2.31. The minimum atomic E-state index is -0.968. The van der Waals surface area contributed by atoms with Crippen LogP contribution in [-0.2, 0) is 16.1 Å². The number of ether oxygens (including phenoxy) is 1. The number of likely N-dealkylation sites (tertiary alicyclic amines) is 1. The molecule has 0 radical (unpaired) electrons. The van der Waals surface area contributed by atoms with Gasteiger partial charge in [0.25, 0.3) is 0 Å². The van der Waals surface area contributed by atoms with E-state index in [4.69, 9.17) is 9.84 Å². The normalized spacial score (nSPS) is 16.7. The fourth-order valence-corrected chi connectivity index (χ4v) is 3.59. The zero-order valence-electron chi connectivity index (χ0n) is 14.1. The average Bonchev–Trinajstić information content (AvgIpc) is 2.92. The molecule has 3 rings (SSSR count). The van der Waals surface area contributed by atoms with E-state index in [1.165, 1.54) is 0 Å². The lowest BCUT2D eigenvalue weighted by atomic mass is 10.0. The number of carbonyl (C=O) groups is 2. The topological polar surface area (TPSA) is 92.0 Å². The third-order valence-corrected chi connectivity index (χ3v) is 4.71. The lowest BCUT2D eigenvalue weighted by Crippen LogP contribution is -2.37. The summed E-state index contributed by atoms with van der Waals surface area (Å²) in [7, 11) is 1.55. The van der Waals surface area contributed by atoms with Gasteiger partial charge in [-0.05, 0) is 44.1 Å².